The Kier molecular flexibility index (Phi) is 6.53. The van der Waals surface area contributed by atoms with E-state index in [0.29, 0.717) is 17.5 Å². The van der Waals surface area contributed by atoms with Gasteiger partial charge in [-0.05, 0) is 24.3 Å². The summed E-state index contributed by atoms with van der Waals surface area (Å²) in [5.41, 5.74) is 6.12. The van der Waals surface area contributed by atoms with Crippen LogP contribution >= 0.6 is 11.6 Å². The maximum atomic E-state index is 12.2. The third-order valence-electron chi connectivity index (χ3n) is 4.93. The number of rotatable bonds is 5. The third kappa shape index (κ3) is 4.78. The Balaban J connectivity index is 1.93. The maximum Gasteiger partial charge on any atom is 0.342 e. The van der Waals surface area contributed by atoms with Crippen molar-refractivity contribution in [3.05, 3.63) is 22.7 Å². The molecule has 138 valence electrons. The molecule has 7 heteroatoms. The van der Waals surface area contributed by atoms with Gasteiger partial charge in [0.25, 0.3) is 5.91 Å². The highest BCUT2D eigenvalue weighted by atomic mass is 35.5. The van der Waals surface area contributed by atoms with Gasteiger partial charge < -0.3 is 20.5 Å². The topological polar surface area (TPSA) is 90.7 Å². The first kappa shape index (κ1) is 19.4. The van der Waals surface area contributed by atoms with Crippen molar-refractivity contribution in [2.45, 2.75) is 39.2 Å². The Labute approximate surface area is 153 Å². The molecular weight excluding hydrogens is 344 g/mol. The molecule has 1 amide bonds. The van der Waals surface area contributed by atoms with E-state index in [-0.39, 0.29) is 34.9 Å². The number of hydrogen-bond donors (Lipinski definition) is 2. The van der Waals surface area contributed by atoms with Crippen LogP contribution in [0.2, 0.25) is 5.02 Å². The predicted octanol–water partition coefficient (Wildman–Crippen LogP) is 3.03. The molecule has 0 spiro atoms. The Morgan fingerprint density at radius 2 is 2.04 bits per heavy atom. The zero-order valence-electron chi connectivity index (χ0n) is 14.8. The molecule has 25 heavy (non-hydrogen) atoms. The molecule has 0 radical (unpaired) electrons. The van der Waals surface area contributed by atoms with E-state index in [0.717, 1.165) is 12.8 Å². The highest BCUT2D eigenvalue weighted by Gasteiger charge is 2.28. The number of ether oxygens (including phenoxy) is 2. The van der Waals surface area contributed by atoms with Crippen LogP contribution in [0.5, 0.6) is 5.75 Å². The Hall–Kier alpha value is -1.95. The highest BCUT2D eigenvalue weighted by molar-refractivity contribution is 6.33. The molecule has 0 aliphatic heterocycles. The van der Waals surface area contributed by atoms with Gasteiger partial charge in [-0.25, -0.2) is 4.79 Å². The fourth-order valence-electron chi connectivity index (χ4n) is 3.14. The lowest BCUT2D eigenvalue weighted by Crippen LogP contribution is -2.45. The van der Waals surface area contributed by atoms with Crippen molar-refractivity contribution in [1.29, 1.82) is 0 Å². The maximum absolute atomic E-state index is 12.2. The quantitative estimate of drug-likeness (QED) is 0.615. The standard InChI is InChI=1S/C18H25ClN2O4/c1-10-5-4-6-15(11(10)2)21-17(22)9-25-18(23)12-7-13(19)14(20)8-16(12)24-3/h7-8,10-11,15H,4-6,9,20H2,1-3H3,(H,21,22)/t10-,11+,15-/m1/s1. The van der Waals surface area contributed by atoms with E-state index < -0.39 is 5.97 Å². The van der Waals surface area contributed by atoms with Gasteiger partial charge in [0, 0.05) is 12.1 Å². The number of carbonyl (C=O) groups is 2. The summed E-state index contributed by atoms with van der Waals surface area (Å²) in [4.78, 5) is 24.3. The van der Waals surface area contributed by atoms with E-state index in [2.05, 4.69) is 19.2 Å². The monoisotopic (exact) mass is 368 g/mol. The summed E-state index contributed by atoms with van der Waals surface area (Å²) in [7, 11) is 1.41. The van der Waals surface area contributed by atoms with Crippen molar-refractivity contribution in [1.82, 2.24) is 5.32 Å². The van der Waals surface area contributed by atoms with Gasteiger partial charge >= 0.3 is 5.97 Å². The summed E-state index contributed by atoms with van der Waals surface area (Å²) in [6, 6.07) is 2.95. The second kappa shape index (κ2) is 8.43. The molecule has 3 N–H and O–H groups in total. The van der Waals surface area contributed by atoms with Crippen LogP contribution in [0, 0.1) is 11.8 Å². The molecule has 0 saturated heterocycles. The van der Waals surface area contributed by atoms with Crippen molar-refractivity contribution in [3.63, 3.8) is 0 Å². The average Bonchev–Trinajstić information content (AvgIpc) is 2.58. The van der Waals surface area contributed by atoms with Crippen LogP contribution in [0.1, 0.15) is 43.5 Å². The summed E-state index contributed by atoms with van der Waals surface area (Å²) in [6.45, 7) is 3.99. The first-order valence-corrected chi connectivity index (χ1v) is 8.80. The number of nitrogens with one attached hydrogen (secondary N) is 1. The molecule has 6 nitrogen and oxygen atoms in total. The van der Waals surface area contributed by atoms with Gasteiger partial charge in [-0.15, -0.1) is 0 Å². The van der Waals surface area contributed by atoms with Crippen molar-refractivity contribution < 1.29 is 19.1 Å². The van der Waals surface area contributed by atoms with E-state index in [1.165, 1.54) is 25.7 Å². The number of carbonyl (C=O) groups excluding carboxylic acids is 2. The van der Waals surface area contributed by atoms with Gasteiger partial charge in [-0.2, -0.15) is 0 Å². The van der Waals surface area contributed by atoms with Crippen LogP contribution < -0.4 is 15.8 Å². The summed E-state index contributed by atoms with van der Waals surface area (Å²) >= 11 is 5.94. The minimum atomic E-state index is -0.682. The van der Waals surface area contributed by atoms with Crippen molar-refractivity contribution >= 4 is 29.2 Å². The lowest BCUT2D eigenvalue weighted by Gasteiger charge is -2.34. The highest BCUT2D eigenvalue weighted by Crippen LogP contribution is 2.30. The SMILES string of the molecule is COc1cc(N)c(Cl)cc1C(=O)OCC(=O)N[C@@H]1CCC[C@@H](C)[C@@H]1C. The van der Waals surface area contributed by atoms with Crippen molar-refractivity contribution in [2.24, 2.45) is 11.8 Å². The zero-order chi connectivity index (χ0) is 18.6. The van der Waals surface area contributed by atoms with Gasteiger partial charge in [0.2, 0.25) is 0 Å². The van der Waals surface area contributed by atoms with E-state index in [1.807, 2.05) is 0 Å². The zero-order valence-corrected chi connectivity index (χ0v) is 15.6. The smallest absolute Gasteiger partial charge is 0.342 e. The number of esters is 1. The molecule has 0 heterocycles. The number of methoxy groups -OCH3 is 1. The Morgan fingerprint density at radius 3 is 2.72 bits per heavy atom. The van der Waals surface area contributed by atoms with Gasteiger partial charge in [0.1, 0.15) is 11.3 Å². The van der Waals surface area contributed by atoms with Crippen molar-refractivity contribution in [2.75, 3.05) is 19.5 Å². The average molecular weight is 369 g/mol. The molecule has 0 bridgehead atoms. The molecule has 1 saturated carbocycles. The van der Waals surface area contributed by atoms with Crippen molar-refractivity contribution in [3.8, 4) is 5.75 Å². The van der Waals surface area contributed by atoms with Crippen LogP contribution in [-0.2, 0) is 9.53 Å². The second-order valence-electron chi connectivity index (χ2n) is 6.59. The van der Waals surface area contributed by atoms with Gasteiger partial charge in [0.05, 0.1) is 17.8 Å². The minimum Gasteiger partial charge on any atom is -0.496 e. The van der Waals surface area contributed by atoms with Crippen LogP contribution in [-0.4, -0.2) is 31.6 Å². The number of benzene rings is 1. The first-order chi connectivity index (χ1) is 11.8. The Bertz CT molecular complexity index is 650. The number of hydrogen-bond acceptors (Lipinski definition) is 5. The Morgan fingerprint density at radius 1 is 1.32 bits per heavy atom. The number of amides is 1. The molecule has 1 aromatic carbocycles. The van der Waals surface area contributed by atoms with Gasteiger partial charge in [-0.3, -0.25) is 4.79 Å². The predicted molar refractivity (Wildman–Crippen MR) is 96.8 cm³/mol. The molecule has 2 rings (SSSR count). The molecule has 0 aromatic heterocycles. The van der Waals surface area contributed by atoms with Gasteiger partial charge in [0.15, 0.2) is 6.61 Å². The van der Waals surface area contributed by atoms with E-state index in [1.54, 1.807) is 0 Å². The molecule has 0 unspecified atom stereocenters. The van der Waals surface area contributed by atoms with Crippen LogP contribution in [0.3, 0.4) is 0 Å². The van der Waals surface area contributed by atoms with Crippen LogP contribution in [0.4, 0.5) is 5.69 Å². The molecule has 3 atom stereocenters. The fourth-order valence-corrected chi connectivity index (χ4v) is 3.30. The van der Waals surface area contributed by atoms with Crippen LogP contribution in [0.25, 0.3) is 0 Å². The number of nitrogens with two attached hydrogens (primary N) is 1. The van der Waals surface area contributed by atoms with Crippen LogP contribution in [0.15, 0.2) is 12.1 Å². The fraction of sp³-hybridized carbons (Fsp3) is 0.556. The summed E-state index contributed by atoms with van der Waals surface area (Å²) < 4.78 is 10.2. The minimum absolute atomic E-state index is 0.121. The lowest BCUT2D eigenvalue weighted by atomic mass is 9.78. The van der Waals surface area contributed by atoms with Gasteiger partial charge in [-0.1, -0.05) is 38.3 Å². The number of halogens is 1. The molecule has 1 aliphatic carbocycles. The third-order valence-corrected chi connectivity index (χ3v) is 5.25. The van der Waals surface area contributed by atoms with E-state index in [4.69, 9.17) is 26.8 Å². The largest absolute Gasteiger partial charge is 0.496 e. The first-order valence-electron chi connectivity index (χ1n) is 8.43. The molecule has 1 aromatic rings. The van der Waals surface area contributed by atoms with E-state index >= 15 is 0 Å². The summed E-state index contributed by atoms with van der Waals surface area (Å²) in [5.74, 6) is 0.244. The molecule has 1 fully saturated rings. The van der Waals surface area contributed by atoms with E-state index in [9.17, 15) is 9.59 Å². The lowest BCUT2D eigenvalue weighted by molar-refractivity contribution is -0.125. The second-order valence-corrected chi connectivity index (χ2v) is 7.00. The summed E-state index contributed by atoms with van der Waals surface area (Å²) in [5, 5.41) is 3.19. The number of anilines is 1. The normalized spacial score (nSPS) is 23.0. The summed E-state index contributed by atoms with van der Waals surface area (Å²) in [6.07, 6.45) is 3.23. The molecular formula is C18H25ClN2O4. The number of nitrogen functional groups attached to an aromatic ring is 1. The molecule has 1 aliphatic rings.